The number of carboxylic acid groups (broad SMARTS) is 1. The Morgan fingerprint density at radius 2 is 2.09 bits per heavy atom. The fraction of sp³-hybridized carbons (Fsp3) is 0.467. The van der Waals surface area contributed by atoms with E-state index in [1.54, 1.807) is 0 Å². The maximum atomic E-state index is 12.9. The molecule has 1 aliphatic rings. The van der Waals surface area contributed by atoms with E-state index in [-0.39, 0.29) is 23.9 Å². The van der Waals surface area contributed by atoms with Gasteiger partial charge < -0.3 is 19.9 Å². The molecule has 126 valence electrons. The molecule has 0 saturated carbocycles. The van der Waals surface area contributed by atoms with Gasteiger partial charge in [0.2, 0.25) is 0 Å². The van der Waals surface area contributed by atoms with Gasteiger partial charge in [-0.15, -0.1) is 0 Å². The molecule has 1 aromatic rings. The van der Waals surface area contributed by atoms with Gasteiger partial charge in [0, 0.05) is 19.8 Å². The predicted octanol–water partition coefficient (Wildman–Crippen LogP) is 1.86. The predicted molar refractivity (Wildman–Crippen MR) is 80.0 cm³/mol. The van der Waals surface area contributed by atoms with Crippen LogP contribution in [0.5, 0.6) is 5.75 Å². The van der Waals surface area contributed by atoms with Crippen molar-refractivity contribution in [1.29, 1.82) is 0 Å². The second kappa shape index (κ2) is 7.61. The molecule has 0 aromatic heterocycles. The second-order valence-corrected chi connectivity index (χ2v) is 5.75. The smallest absolute Gasteiger partial charge is 0.311 e. The quantitative estimate of drug-likeness (QED) is 0.822. The van der Waals surface area contributed by atoms with Crippen LogP contribution in [-0.4, -0.2) is 43.3 Å². The van der Waals surface area contributed by atoms with Crippen LogP contribution >= 0.6 is 11.6 Å². The fourth-order valence-corrected chi connectivity index (χ4v) is 2.50. The Hall–Kier alpha value is -1.86. The average Bonchev–Trinajstić information content (AvgIpc) is 2.53. The highest BCUT2D eigenvalue weighted by Gasteiger charge is 2.40. The first kappa shape index (κ1) is 17.5. The molecule has 8 heteroatoms. The SMILES string of the molecule is O=C(COc1ccc(F)cc1Cl)NCC1(C(=O)O)CCOCC1. The zero-order valence-corrected chi connectivity index (χ0v) is 13.1. The second-order valence-electron chi connectivity index (χ2n) is 5.34. The van der Waals surface area contributed by atoms with E-state index in [0.717, 1.165) is 6.07 Å². The molecular weight excluding hydrogens is 329 g/mol. The van der Waals surface area contributed by atoms with Crippen LogP contribution in [0.15, 0.2) is 18.2 Å². The van der Waals surface area contributed by atoms with E-state index in [2.05, 4.69) is 5.32 Å². The van der Waals surface area contributed by atoms with Crippen molar-refractivity contribution in [3.8, 4) is 5.75 Å². The molecule has 0 unspecified atom stereocenters. The summed E-state index contributed by atoms with van der Waals surface area (Å²) in [7, 11) is 0. The van der Waals surface area contributed by atoms with Crippen LogP contribution in [0.4, 0.5) is 4.39 Å². The molecule has 1 aliphatic heterocycles. The van der Waals surface area contributed by atoms with E-state index in [1.165, 1.54) is 12.1 Å². The molecule has 2 N–H and O–H groups in total. The summed E-state index contributed by atoms with van der Waals surface area (Å²) >= 11 is 5.79. The molecule has 1 saturated heterocycles. The van der Waals surface area contributed by atoms with E-state index in [1.807, 2.05) is 0 Å². The molecule has 23 heavy (non-hydrogen) atoms. The maximum Gasteiger partial charge on any atom is 0.311 e. The first-order valence-electron chi connectivity index (χ1n) is 7.09. The number of benzene rings is 1. The molecule has 1 aromatic carbocycles. The number of hydrogen-bond acceptors (Lipinski definition) is 4. The van der Waals surface area contributed by atoms with Gasteiger partial charge in [-0.1, -0.05) is 11.6 Å². The lowest BCUT2D eigenvalue weighted by molar-refractivity contribution is -0.154. The number of halogens is 2. The Balaban J connectivity index is 1.85. The summed E-state index contributed by atoms with van der Waals surface area (Å²) in [6.45, 7) is 0.371. The summed E-state index contributed by atoms with van der Waals surface area (Å²) in [5, 5.41) is 12.0. The number of hydrogen-bond donors (Lipinski definition) is 2. The molecule has 2 rings (SSSR count). The molecule has 0 spiro atoms. The first-order chi connectivity index (χ1) is 10.9. The first-order valence-corrected chi connectivity index (χ1v) is 7.46. The van der Waals surface area contributed by atoms with Gasteiger partial charge in [0.15, 0.2) is 6.61 Å². The van der Waals surface area contributed by atoms with Gasteiger partial charge in [-0.25, -0.2) is 4.39 Å². The average molecular weight is 346 g/mol. The van der Waals surface area contributed by atoms with Crippen LogP contribution in [0.3, 0.4) is 0 Å². The lowest BCUT2D eigenvalue weighted by atomic mass is 9.80. The molecule has 0 atom stereocenters. The van der Waals surface area contributed by atoms with E-state index in [4.69, 9.17) is 21.1 Å². The summed E-state index contributed by atoms with van der Waals surface area (Å²) in [5.74, 6) is -1.75. The number of nitrogens with one attached hydrogen (secondary N) is 1. The van der Waals surface area contributed by atoms with Gasteiger partial charge in [-0.2, -0.15) is 0 Å². The zero-order valence-electron chi connectivity index (χ0n) is 12.3. The summed E-state index contributed by atoms with van der Waals surface area (Å²) in [5.41, 5.74) is -1.01. The number of carboxylic acids is 1. The largest absolute Gasteiger partial charge is 0.482 e. The van der Waals surface area contributed by atoms with Crippen LogP contribution in [0.2, 0.25) is 5.02 Å². The number of rotatable bonds is 6. The number of ether oxygens (including phenoxy) is 2. The minimum absolute atomic E-state index is 0.00500. The third-order valence-corrected chi connectivity index (χ3v) is 4.08. The van der Waals surface area contributed by atoms with Gasteiger partial charge in [-0.05, 0) is 31.0 Å². The number of aliphatic carboxylic acids is 1. The van der Waals surface area contributed by atoms with Crippen molar-refractivity contribution in [2.45, 2.75) is 12.8 Å². The van der Waals surface area contributed by atoms with Crippen LogP contribution < -0.4 is 10.1 Å². The standard InChI is InChI=1S/C15H17ClFNO5/c16-11-7-10(17)1-2-12(11)23-8-13(19)18-9-15(14(20)21)3-5-22-6-4-15/h1-2,7H,3-6,8-9H2,(H,18,19)(H,20,21). The lowest BCUT2D eigenvalue weighted by Crippen LogP contribution is -2.47. The number of carbonyl (C=O) groups is 2. The van der Waals surface area contributed by atoms with E-state index < -0.39 is 23.1 Å². The minimum atomic E-state index is -1.01. The third kappa shape index (κ3) is 4.56. The highest BCUT2D eigenvalue weighted by atomic mass is 35.5. The molecule has 0 radical (unpaired) electrons. The van der Waals surface area contributed by atoms with E-state index in [9.17, 15) is 19.1 Å². The molecule has 1 heterocycles. The monoisotopic (exact) mass is 345 g/mol. The molecule has 1 fully saturated rings. The van der Waals surface area contributed by atoms with Crippen molar-refractivity contribution >= 4 is 23.5 Å². The fourth-order valence-electron chi connectivity index (χ4n) is 2.28. The van der Waals surface area contributed by atoms with Crippen LogP contribution in [0.1, 0.15) is 12.8 Å². The van der Waals surface area contributed by atoms with E-state index >= 15 is 0 Å². The van der Waals surface area contributed by atoms with Crippen molar-refractivity contribution in [2.75, 3.05) is 26.4 Å². The highest BCUT2D eigenvalue weighted by molar-refractivity contribution is 6.32. The lowest BCUT2D eigenvalue weighted by Gasteiger charge is -2.33. The van der Waals surface area contributed by atoms with Crippen molar-refractivity contribution in [3.05, 3.63) is 29.0 Å². The van der Waals surface area contributed by atoms with Crippen molar-refractivity contribution in [1.82, 2.24) is 5.32 Å². The normalized spacial score (nSPS) is 16.6. The Morgan fingerprint density at radius 1 is 1.39 bits per heavy atom. The van der Waals surface area contributed by atoms with E-state index in [0.29, 0.717) is 26.1 Å². The van der Waals surface area contributed by atoms with Gasteiger partial charge >= 0.3 is 5.97 Å². The summed E-state index contributed by atoms with van der Waals surface area (Å²) in [6, 6.07) is 3.57. The molecule has 1 amide bonds. The Labute approximate surface area is 137 Å². The zero-order chi connectivity index (χ0) is 16.9. The van der Waals surface area contributed by atoms with Crippen molar-refractivity contribution < 1.29 is 28.6 Å². The minimum Gasteiger partial charge on any atom is -0.482 e. The van der Waals surface area contributed by atoms with Crippen LogP contribution in [0.25, 0.3) is 0 Å². The van der Waals surface area contributed by atoms with Gasteiger partial charge in [0.1, 0.15) is 11.6 Å². The number of carbonyl (C=O) groups excluding carboxylic acids is 1. The molecule has 6 nitrogen and oxygen atoms in total. The Kier molecular flexibility index (Phi) is 5.79. The summed E-state index contributed by atoms with van der Waals surface area (Å²) in [6.07, 6.45) is 0.681. The Morgan fingerprint density at radius 3 is 2.70 bits per heavy atom. The summed E-state index contributed by atoms with van der Waals surface area (Å²) < 4.78 is 23.3. The van der Waals surface area contributed by atoms with Crippen molar-refractivity contribution in [3.63, 3.8) is 0 Å². The maximum absolute atomic E-state index is 12.9. The van der Waals surface area contributed by atoms with Crippen LogP contribution in [-0.2, 0) is 14.3 Å². The Bertz CT molecular complexity index is 589. The molecular formula is C15H17ClFNO5. The van der Waals surface area contributed by atoms with Gasteiger partial charge in [0.25, 0.3) is 5.91 Å². The highest BCUT2D eigenvalue weighted by Crippen LogP contribution is 2.30. The third-order valence-electron chi connectivity index (χ3n) is 3.78. The van der Waals surface area contributed by atoms with Gasteiger partial charge in [-0.3, -0.25) is 9.59 Å². The van der Waals surface area contributed by atoms with Crippen molar-refractivity contribution in [2.24, 2.45) is 5.41 Å². The summed E-state index contributed by atoms with van der Waals surface area (Å²) in [4.78, 5) is 23.3. The number of amides is 1. The van der Waals surface area contributed by atoms with Gasteiger partial charge in [0.05, 0.1) is 10.4 Å². The topological polar surface area (TPSA) is 84.9 Å². The van der Waals surface area contributed by atoms with Crippen LogP contribution in [0, 0.1) is 11.2 Å². The molecule has 0 bridgehead atoms. The molecule has 0 aliphatic carbocycles.